The van der Waals surface area contributed by atoms with E-state index in [-0.39, 0.29) is 0 Å². The first-order valence-electron chi connectivity index (χ1n) is 5.80. The molecule has 1 aromatic heterocycles. The average molecular weight is 263 g/mol. The first-order chi connectivity index (χ1) is 8.88. The largest absolute Gasteiger partial charge is 0.486 e. The Morgan fingerprint density at radius 2 is 2.11 bits per heavy atom. The summed E-state index contributed by atoms with van der Waals surface area (Å²) < 4.78 is 11.2. The second-order valence-electron chi connectivity index (χ2n) is 3.87. The molecule has 0 saturated heterocycles. The van der Waals surface area contributed by atoms with E-state index in [2.05, 4.69) is 10.2 Å². The molecule has 2 heterocycles. The van der Waals surface area contributed by atoms with Gasteiger partial charge in [-0.05, 0) is 18.7 Å². The van der Waals surface area contributed by atoms with E-state index in [0.717, 1.165) is 33.5 Å². The summed E-state index contributed by atoms with van der Waals surface area (Å²) in [6.45, 7) is 1.74. The van der Waals surface area contributed by atoms with Crippen LogP contribution in [0.5, 0.6) is 11.5 Å². The summed E-state index contributed by atoms with van der Waals surface area (Å²) in [6, 6.07) is 5.81. The second kappa shape index (κ2) is 4.91. The van der Waals surface area contributed by atoms with Crippen LogP contribution >= 0.6 is 11.3 Å². The molecule has 0 aliphatic carbocycles. The standard InChI is InChI=1S/C12H13N3O2S/c13-5-4-10-14-15-12(18-10)8-2-1-3-9-11(8)17-7-6-16-9/h1-3H,4-7,13H2. The number of nitrogens with two attached hydrogens (primary N) is 1. The molecule has 1 aliphatic heterocycles. The van der Waals surface area contributed by atoms with Crippen LogP contribution in [0.2, 0.25) is 0 Å². The molecule has 18 heavy (non-hydrogen) atoms. The number of ether oxygens (including phenoxy) is 2. The molecule has 0 spiro atoms. The number of benzene rings is 1. The topological polar surface area (TPSA) is 70.3 Å². The van der Waals surface area contributed by atoms with Gasteiger partial charge >= 0.3 is 0 Å². The van der Waals surface area contributed by atoms with Crippen molar-refractivity contribution < 1.29 is 9.47 Å². The molecule has 0 saturated carbocycles. The molecule has 2 aromatic rings. The van der Waals surface area contributed by atoms with Crippen molar-refractivity contribution in [1.82, 2.24) is 10.2 Å². The lowest BCUT2D eigenvalue weighted by Gasteiger charge is -2.19. The van der Waals surface area contributed by atoms with E-state index in [1.807, 2.05) is 18.2 Å². The number of hydrogen-bond donors (Lipinski definition) is 1. The Hall–Kier alpha value is -1.66. The third-order valence-electron chi connectivity index (χ3n) is 2.62. The summed E-state index contributed by atoms with van der Waals surface area (Å²) in [6.07, 6.45) is 0.754. The zero-order chi connectivity index (χ0) is 12.4. The Morgan fingerprint density at radius 1 is 1.22 bits per heavy atom. The van der Waals surface area contributed by atoms with Gasteiger partial charge in [-0.3, -0.25) is 0 Å². The molecule has 1 aliphatic rings. The second-order valence-corrected chi connectivity index (χ2v) is 4.93. The molecule has 0 atom stereocenters. The number of hydrogen-bond acceptors (Lipinski definition) is 6. The highest BCUT2D eigenvalue weighted by atomic mass is 32.1. The molecule has 2 N–H and O–H groups in total. The first kappa shape index (κ1) is 11.4. The lowest BCUT2D eigenvalue weighted by atomic mass is 10.2. The Balaban J connectivity index is 2.00. The number of aromatic nitrogens is 2. The van der Waals surface area contributed by atoms with Crippen molar-refractivity contribution in [1.29, 1.82) is 0 Å². The minimum Gasteiger partial charge on any atom is -0.486 e. The van der Waals surface area contributed by atoms with Crippen LogP contribution in [0.4, 0.5) is 0 Å². The summed E-state index contributed by atoms with van der Waals surface area (Å²) in [5.74, 6) is 1.54. The highest BCUT2D eigenvalue weighted by Gasteiger charge is 2.19. The lowest BCUT2D eigenvalue weighted by molar-refractivity contribution is 0.172. The number of para-hydroxylation sites is 1. The van der Waals surface area contributed by atoms with Gasteiger partial charge in [0.2, 0.25) is 0 Å². The fraction of sp³-hybridized carbons (Fsp3) is 0.333. The van der Waals surface area contributed by atoms with Crippen molar-refractivity contribution in [3.63, 3.8) is 0 Å². The van der Waals surface area contributed by atoms with E-state index in [4.69, 9.17) is 15.2 Å². The van der Waals surface area contributed by atoms with E-state index in [1.54, 1.807) is 11.3 Å². The van der Waals surface area contributed by atoms with Crippen LogP contribution in [0.15, 0.2) is 18.2 Å². The molecule has 5 nitrogen and oxygen atoms in total. The van der Waals surface area contributed by atoms with Crippen molar-refractivity contribution in [2.24, 2.45) is 5.73 Å². The van der Waals surface area contributed by atoms with Gasteiger partial charge in [0.05, 0.1) is 5.56 Å². The fourth-order valence-corrected chi connectivity index (χ4v) is 2.71. The van der Waals surface area contributed by atoms with Crippen molar-refractivity contribution in [2.75, 3.05) is 19.8 Å². The zero-order valence-corrected chi connectivity index (χ0v) is 10.6. The maximum absolute atomic E-state index is 5.67. The molecule has 0 radical (unpaired) electrons. The predicted octanol–water partition coefficient (Wildman–Crippen LogP) is 1.48. The smallest absolute Gasteiger partial charge is 0.171 e. The van der Waals surface area contributed by atoms with Gasteiger partial charge in [0.25, 0.3) is 0 Å². The quantitative estimate of drug-likeness (QED) is 0.908. The van der Waals surface area contributed by atoms with Gasteiger partial charge in [-0.25, -0.2) is 0 Å². The van der Waals surface area contributed by atoms with Gasteiger partial charge < -0.3 is 15.2 Å². The van der Waals surface area contributed by atoms with Gasteiger partial charge in [-0.1, -0.05) is 17.4 Å². The van der Waals surface area contributed by atoms with Gasteiger partial charge in [0, 0.05) is 6.42 Å². The van der Waals surface area contributed by atoms with E-state index >= 15 is 0 Å². The van der Waals surface area contributed by atoms with E-state index < -0.39 is 0 Å². The van der Waals surface area contributed by atoms with Gasteiger partial charge in [-0.2, -0.15) is 0 Å². The predicted molar refractivity (Wildman–Crippen MR) is 69.1 cm³/mol. The van der Waals surface area contributed by atoms with Crippen LogP contribution in [0.25, 0.3) is 10.6 Å². The lowest BCUT2D eigenvalue weighted by Crippen LogP contribution is -2.15. The fourth-order valence-electron chi connectivity index (χ4n) is 1.83. The van der Waals surface area contributed by atoms with Crippen molar-refractivity contribution in [3.8, 4) is 22.1 Å². The maximum Gasteiger partial charge on any atom is 0.171 e. The minimum atomic E-state index is 0.568. The van der Waals surface area contributed by atoms with E-state index in [0.29, 0.717) is 19.8 Å². The zero-order valence-electron chi connectivity index (χ0n) is 9.76. The monoisotopic (exact) mass is 263 g/mol. The van der Waals surface area contributed by atoms with E-state index in [1.165, 1.54) is 0 Å². The molecule has 0 bridgehead atoms. The Labute approximate surface area is 109 Å². The molecule has 3 rings (SSSR count). The molecular weight excluding hydrogens is 250 g/mol. The van der Waals surface area contributed by atoms with Crippen LogP contribution in [0.3, 0.4) is 0 Å². The molecular formula is C12H13N3O2S. The number of fused-ring (bicyclic) bond motifs is 1. The van der Waals surface area contributed by atoms with Crippen LogP contribution < -0.4 is 15.2 Å². The Morgan fingerprint density at radius 3 is 3.00 bits per heavy atom. The molecule has 0 amide bonds. The van der Waals surface area contributed by atoms with Crippen LogP contribution in [0, 0.1) is 0 Å². The summed E-state index contributed by atoms with van der Waals surface area (Å²) in [5.41, 5.74) is 6.45. The van der Waals surface area contributed by atoms with Crippen LogP contribution in [-0.2, 0) is 6.42 Å². The van der Waals surface area contributed by atoms with Crippen LogP contribution in [0.1, 0.15) is 5.01 Å². The SMILES string of the molecule is NCCc1nnc(-c2cccc3c2OCCO3)s1. The van der Waals surface area contributed by atoms with Crippen LogP contribution in [-0.4, -0.2) is 30.0 Å². The molecule has 1 aromatic carbocycles. The molecule has 6 heteroatoms. The summed E-state index contributed by atoms with van der Waals surface area (Å²) in [4.78, 5) is 0. The Kier molecular flexibility index (Phi) is 3.12. The minimum absolute atomic E-state index is 0.568. The highest BCUT2D eigenvalue weighted by Crippen LogP contribution is 2.40. The summed E-state index contributed by atoms with van der Waals surface area (Å²) in [5, 5.41) is 10.1. The first-order valence-corrected chi connectivity index (χ1v) is 6.61. The summed E-state index contributed by atoms with van der Waals surface area (Å²) in [7, 11) is 0. The van der Waals surface area contributed by atoms with E-state index in [9.17, 15) is 0 Å². The maximum atomic E-state index is 5.67. The van der Waals surface area contributed by atoms with Gasteiger partial charge in [-0.15, -0.1) is 10.2 Å². The molecule has 0 fully saturated rings. The summed E-state index contributed by atoms with van der Waals surface area (Å²) >= 11 is 1.55. The van der Waals surface area contributed by atoms with Crippen molar-refractivity contribution >= 4 is 11.3 Å². The highest BCUT2D eigenvalue weighted by molar-refractivity contribution is 7.14. The van der Waals surface area contributed by atoms with Gasteiger partial charge in [0.1, 0.15) is 18.2 Å². The normalized spacial score (nSPS) is 13.6. The van der Waals surface area contributed by atoms with Crippen molar-refractivity contribution in [3.05, 3.63) is 23.2 Å². The third kappa shape index (κ3) is 2.04. The van der Waals surface area contributed by atoms with Crippen molar-refractivity contribution in [2.45, 2.75) is 6.42 Å². The third-order valence-corrected chi connectivity index (χ3v) is 3.64. The number of rotatable bonds is 3. The van der Waals surface area contributed by atoms with Gasteiger partial charge in [0.15, 0.2) is 16.5 Å². The average Bonchev–Trinajstić information content (AvgIpc) is 2.87. The Bertz CT molecular complexity index is 556. The molecule has 94 valence electrons. The molecule has 0 unspecified atom stereocenters. The number of nitrogens with zero attached hydrogens (tertiary/aromatic N) is 2.